The van der Waals surface area contributed by atoms with E-state index in [2.05, 4.69) is 9.88 Å². The van der Waals surface area contributed by atoms with Gasteiger partial charge in [-0.2, -0.15) is 0 Å². The van der Waals surface area contributed by atoms with Crippen molar-refractivity contribution in [3.63, 3.8) is 0 Å². The number of hydrogen-bond acceptors (Lipinski definition) is 5. The molecule has 0 bridgehead atoms. The first kappa shape index (κ1) is 16.9. The molecular formula is C19H24N4O3. The van der Waals surface area contributed by atoms with E-state index in [1.807, 2.05) is 23.1 Å². The Hall–Kier alpha value is -2.54. The van der Waals surface area contributed by atoms with E-state index in [0.717, 1.165) is 43.7 Å². The minimum Gasteiger partial charge on any atom is -0.488 e. The number of anilines is 1. The lowest BCUT2D eigenvalue weighted by Crippen LogP contribution is -2.37. The summed E-state index contributed by atoms with van der Waals surface area (Å²) in [6.07, 6.45) is 9.79. The van der Waals surface area contributed by atoms with Crippen molar-refractivity contribution in [2.45, 2.75) is 25.3 Å². The Morgan fingerprint density at radius 1 is 1.27 bits per heavy atom. The zero-order chi connectivity index (χ0) is 18.1. The van der Waals surface area contributed by atoms with Gasteiger partial charge in [0.15, 0.2) is 11.6 Å². The van der Waals surface area contributed by atoms with Gasteiger partial charge in [0.25, 0.3) is 5.91 Å². The number of piperidine rings is 1. The monoisotopic (exact) mass is 356 g/mol. The van der Waals surface area contributed by atoms with Gasteiger partial charge in [0, 0.05) is 30.9 Å². The summed E-state index contributed by atoms with van der Waals surface area (Å²) in [5, 5.41) is 0. The Kier molecular flexibility index (Phi) is 4.55. The van der Waals surface area contributed by atoms with Crippen LogP contribution in [-0.2, 0) is 4.79 Å². The standard InChI is InChI=1S/C19H24N4O3/c20-15-10-14(5-4-13(15)12-24)23-8-9-26-17-11-16(21-18(17)23)19(25)22-6-2-1-3-7-22/h4-5,10-13,15,21H,1-3,6-9,20H2/t13-,15?/m1/s1. The Morgan fingerprint density at radius 2 is 2.08 bits per heavy atom. The summed E-state index contributed by atoms with van der Waals surface area (Å²) in [6.45, 7) is 2.80. The number of amides is 1. The van der Waals surface area contributed by atoms with Crippen molar-refractivity contribution >= 4 is 18.0 Å². The summed E-state index contributed by atoms with van der Waals surface area (Å²) in [6, 6.07) is 1.45. The minimum atomic E-state index is -0.344. The van der Waals surface area contributed by atoms with Gasteiger partial charge < -0.3 is 30.0 Å². The topological polar surface area (TPSA) is 91.7 Å². The number of nitrogens with zero attached hydrogens (tertiary/aromatic N) is 2. The molecule has 1 fully saturated rings. The van der Waals surface area contributed by atoms with Crippen LogP contribution in [0.2, 0.25) is 0 Å². The van der Waals surface area contributed by atoms with Crippen molar-refractivity contribution in [3.8, 4) is 5.75 Å². The maximum atomic E-state index is 12.8. The number of rotatable bonds is 3. The van der Waals surface area contributed by atoms with Crippen molar-refractivity contribution in [3.05, 3.63) is 35.7 Å². The summed E-state index contributed by atoms with van der Waals surface area (Å²) in [4.78, 5) is 31.0. The van der Waals surface area contributed by atoms with Crippen LogP contribution in [0.15, 0.2) is 30.0 Å². The molecule has 1 unspecified atom stereocenters. The van der Waals surface area contributed by atoms with Crippen molar-refractivity contribution < 1.29 is 14.3 Å². The van der Waals surface area contributed by atoms with Gasteiger partial charge >= 0.3 is 0 Å². The van der Waals surface area contributed by atoms with E-state index in [9.17, 15) is 9.59 Å². The molecule has 3 aliphatic rings. The molecule has 2 atom stereocenters. The number of carbonyl (C=O) groups is 2. The third-order valence-electron chi connectivity index (χ3n) is 5.24. The molecule has 1 saturated heterocycles. The molecular weight excluding hydrogens is 332 g/mol. The smallest absolute Gasteiger partial charge is 0.270 e. The number of aromatic amines is 1. The molecule has 1 aromatic rings. The van der Waals surface area contributed by atoms with Crippen LogP contribution in [0.5, 0.6) is 5.75 Å². The Bertz CT molecular complexity index is 761. The van der Waals surface area contributed by atoms with E-state index in [1.165, 1.54) is 6.42 Å². The number of nitrogens with one attached hydrogen (secondary N) is 1. The fourth-order valence-electron chi connectivity index (χ4n) is 3.75. The molecule has 2 aliphatic heterocycles. The summed E-state index contributed by atoms with van der Waals surface area (Å²) >= 11 is 0. The molecule has 4 rings (SSSR count). The van der Waals surface area contributed by atoms with Crippen molar-refractivity contribution in [2.75, 3.05) is 31.1 Å². The fourth-order valence-corrected chi connectivity index (χ4v) is 3.75. The molecule has 1 aromatic heterocycles. The number of fused-ring (bicyclic) bond motifs is 1. The molecule has 3 heterocycles. The van der Waals surface area contributed by atoms with E-state index in [1.54, 1.807) is 6.07 Å². The molecule has 138 valence electrons. The lowest BCUT2D eigenvalue weighted by Gasteiger charge is -2.32. The van der Waals surface area contributed by atoms with E-state index < -0.39 is 0 Å². The predicted molar refractivity (Wildman–Crippen MR) is 98.1 cm³/mol. The molecule has 0 radical (unpaired) electrons. The largest absolute Gasteiger partial charge is 0.488 e. The van der Waals surface area contributed by atoms with Crippen molar-refractivity contribution in [2.24, 2.45) is 11.7 Å². The van der Waals surface area contributed by atoms with Crippen LogP contribution in [0.3, 0.4) is 0 Å². The number of allylic oxidation sites excluding steroid dienone is 1. The first-order valence-electron chi connectivity index (χ1n) is 9.21. The molecule has 0 aromatic carbocycles. The average Bonchev–Trinajstić information content (AvgIpc) is 3.12. The quantitative estimate of drug-likeness (QED) is 0.800. The fraction of sp³-hybridized carbons (Fsp3) is 0.474. The van der Waals surface area contributed by atoms with E-state index >= 15 is 0 Å². The molecule has 3 N–H and O–H groups in total. The first-order chi connectivity index (χ1) is 12.7. The van der Waals surface area contributed by atoms with Crippen LogP contribution in [-0.4, -0.2) is 54.4 Å². The normalized spacial score (nSPS) is 25.3. The van der Waals surface area contributed by atoms with Gasteiger partial charge in [-0.05, 0) is 31.4 Å². The zero-order valence-corrected chi connectivity index (χ0v) is 14.7. The van der Waals surface area contributed by atoms with E-state index in [-0.39, 0.29) is 17.9 Å². The number of likely N-dealkylation sites (tertiary alicyclic amines) is 1. The second kappa shape index (κ2) is 6.99. The lowest BCUT2D eigenvalue weighted by molar-refractivity contribution is -0.110. The number of hydrogen-bond donors (Lipinski definition) is 2. The van der Waals surface area contributed by atoms with Crippen LogP contribution >= 0.6 is 0 Å². The average molecular weight is 356 g/mol. The SMILES string of the molecule is NC1C=C(N2CCOc3cc(C(=O)N4CCCCC4)[nH]c32)C=C[C@@H]1C=O. The van der Waals surface area contributed by atoms with Gasteiger partial charge in [0.2, 0.25) is 0 Å². The Labute approximate surface area is 152 Å². The van der Waals surface area contributed by atoms with Crippen LogP contribution in [0.1, 0.15) is 29.8 Å². The molecule has 7 heteroatoms. The van der Waals surface area contributed by atoms with E-state index in [4.69, 9.17) is 10.5 Å². The number of carbonyl (C=O) groups excluding carboxylic acids is 2. The minimum absolute atomic E-state index is 0.0218. The molecule has 1 amide bonds. The van der Waals surface area contributed by atoms with Gasteiger partial charge in [-0.1, -0.05) is 6.08 Å². The number of H-pyrrole nitrogens is 1. The van der Waals surface area contributed by atoms with Gasteiger partial charge in [0.05, 0.1) is 12.5 Å². The predicted octanol–water partition coefficient (Wildman–Crippen LogP) is 1.44. The molecule has 7 nitrogen and oxygen atoms in total. The number of ether oxygens (including phenoxy) is 1. The third-order valence-corrected chi connectivity index (χ3v) is 5.24. The van der Waals surface area contributed by atoms with Crippen LogP contribution in [0.25, 0.3) is 0 Å². The maximum Gasteiger partial charge on any atom is 0.270 e. The number of aromatic nitrogens is 1. The second-order valence-corrected chi connectivity index (χ2v) is 6.99. The summed E-state index contributed by atoms with van der Waals surface area (Å²) in [7, 11) is 0. The van der Waals surface area contributed by atoms with Crippen LogP contribution in [0.4, 0.5) is 5.82 Å². The van der Waals surface area contributed by atoms with Gasteiger partial charge in [-0.15, -0.1) is 0 Å². The molecule has 0 saturated carbocycles. The van der Waals surface area contributed by atoms with Crippen LogP contribution < -0.4 is 15.4 Å². The Balaban J connectivity index is 1.59. The van der Waals surface area contributed by atoms with Gasteiger partial charge in [0.1, 0.15) is 18.6 Å². The lowest BCUT2D eigenvalue weighted by atomic mass is 9.95. The van der Waals surface area contributed by atoms with Crippen LogP contribution in [0, 0.1) is 5.92 Å². The molecule has 26 heavy (non-hydrogen) atoms. The highest BCUT2D eigenvalue weighted by atomic mass is 16.5. The molecule has 1 aliphatic carbocycles. The number of nitrogens with two attached hydrogens (primary N) is 1. The van der Waals surface area contributed by atoms with Crippen molar-refractivity contribution in [1.29, 1.82) is 0 Å². The highest BCUT2D eigenvalue weighted by Gasteiger charge is 2.29. The first-order valence-corrected chi connectivity index (χ1v) is 9.21. The van der Waals surface area contributed by atoms with Gasteiger partial charge in [-0.3, -0.25) is 4.79 Å². The van der Waals surface area contributed by atoms with E-state index in [0.29, 0.717) is 24.6 Å². The van der Waals surface area contributed by atoms with Crippen molar-refractivity contribution in [1.82, 2.24) is 9.88 Å². The summed E-state index contributed by atoms with van der Waals surface area (Å²) in [5.74, 6) is 1.17. The number of aldehydes is 1. The Morgan fingerprint density at radius 3 is 2.81 bits per heavy atom. The third kappa shape index (κ3) is 3.03. The highest BCUT2D eigenvalue weighted by molar-refractivity contribution is 5.94. The second-order valence-electron chi connectivity index (χ2n) is 6.99. The zero-order valence-electron chi connectivity index (χ0n) is 14.7. The molecule has 0 spiro atoms. The summed E-state index contributed by atoms with van der Waals surface area (Å²) in [5.41, 5.74) is 7.54. The highest BCUT2D eigenvalue weighted by Crippen LogP contribution is 2.36. The maximum absolute atomic E-state index is 12.8. The van der Waals surface area contributed by atoms with Gasteiger partial charge in [-0.25, -0.2) is 0 Å². The summed E-state index contributed by atoms with van der Waals surface area (Å²) < 4.78 is 5.75.